The number of carbonyl (C=O) groups is 1. The number of benzene rings is 1. The van der Waals surface area contributed by atoms with Gasteiger partial charge in [-0.25, -0.2) is 4.98 Å². The predicted octanol–water partition coefficient (Wildman–Crippen LogP) is 4.36. The van der Waals surface area contributed by atoms with Crippen molar-refractivity contribution >= 4 is 22.5 Å². The Morgan fingerprint density at radius 1 is 1.19 bits per heavy atom. The minimum Gasteiger partial charge on any atom is -0.310 e. The molecule has 0 unspecified atom stereocenters. The largest absolute Gasteiger partial charge is 0.310 e. The van der Waals surface area contributed by atoms with Crippen LogP contribution in [0.2, 0.25) is 0 Å². The highest BCUT2D eigenvalue weighted by Crippen LogP contribution is 2.30. The van der Waals surface area contributed by atoms with Crippen LogP contribution < -0.4 is 10.0 Å². The topological polar surface area (TPSA) is 66.1 Å². The number of nitrogens with one attached hydrogen (secondary N) is 1. The first-order valence-corrected chi connectivity index (χ1v) is 8.03. The van der Waals surface area contributed by atoms with Crippen LogP contribution >= 0.6 is 0 Å². The second kappa shape index (κ2) is 7.52. The summed E-state index contributed by atoms with van der Waals surface area (Å²) in [5.41, 5.74) is 2.66. The molecule has 2 N–H and O–H groups in total. The fraction of sp³-hybridized carbons (Fsp3) is 0.286. The lowest BCUT2D eigenvalue weighted by Gasteiger charge is -2.06. The van der Waals surface area contributed by atoms with E-state index in [1.54, 1.807) is 18.5 Å². The molecule has 2 aromatic heterocycles. The molecule has 2 heterocycles. The van der Waals surface area contributed by atoms with Gasteiger partial charge in [-0.05, 0) is 49.4 Å². The first kappa shape index (κ1) is 19.4. The molecule has 136 valence electrons. The normalized spacial score (nSPS) is 12.8. The Labute approximate surface area is 154 Å². The van der Waals surface area contributed by atoms with Crippen molar-refractivity contribution in [3.63, 3.8) is 0 Å². The van der Waals surface area contributed by atoms with Gasteiger partial charge in [0.05, 0.1) is 5.56 Å². The van der Waals surface area contributed by atoms with Gasteiger partial charge in [-0.2, -0.15) is 0 Å². The van der Waals surface area contributed by atoms with Crippen LogP contribution in [0.3, 0.4) is 0 Å². The molecule has 0 atom stereocenters. The number of anilines is 1. The summed E-state index contributed by atoms with van der Waals surface area (Å²) in [6.45, 7) is 1.96. The zero-order valence-corrected chi connectivity index (χ0v) is 13.4. The number of nitrogens with zero attached hydrogens (tertiary/aromatic N) is 2. The molecule has 4 rings (SSSR count). The van der Waals surface area contributed by atoms with Crippen LogP contribution in [0.5, 0.6) is 0 Å². The highest BCUT2D eigenvalue weighted by molar-refractivity contribution is 5.95. The highest BCUT2D eigenvalue weighted by Gasteiger charge is 2.29. The SMILES string of the molecule is C.C.Cc1ccc[n+](O)c1-c1ccc2cc(NC(=O)C3CC3)ncc2c1. The zero-order chi connectivity index (χ0) is 16.7. The van der Waals surface area contributed by atoms with Crippen molar-refractivity contribution in [1.82, 2.24) is 4.98 Å². The third-order valence-electron chi connectivity index (χ3n) is 4.37. The Kier molecular flexibility index (Phi) is 5.60. The molecular weight excluding hydrogens is 326 g/mol. The molecule has 0 radical (unpaired) electrons. The van der Waals surface area contributed by atoms with E-state index in [9.17, 15) is 10.0 Å². The maximum Gasteiger partial charge on any atom is 0.267 e. The van der Waals surface area contributed by atoms with Crippen molar-refractivity contribution in [2.45, 2.75) is 34.6 Å². The highest BCUT2D eigenvalue weighted by atomic mass is 16.5. The summed E-state index contributed by atoms with van der Waals surface area (Å²) >= 11 is 0. The van der Waals surface area contributed by atoms with Crippen molar-refractivity contribution in [3.8, 4) is 11.3 Å². The lowest BCUT2D eigenvalue weighted by molar-refractivity contribution is -0.896. The molecule has 0 bridgehead atoms. The van der Waals surface area contributed by atoms with E-state index < -0.39 is 0 Å². The molecule has 1 aliphatic carbocycles. The molecule has 1 saturated carbocycles. The number of fused-ring (bicyclic) bond motifs is 1. The number of amides is 1. The second-order valence-corrected chi connectivity index (χ2v) is 6.28. The minimum atomic E-state index is 0. The van der Waals surface area contributed by atoms with Gasteiger partial charge < -0.3 is 5.32 Å². The van der Waals surface area contributed by atoms with Gasteiger partial charge in [-0.15, -0.1) is 0 Å². The molecule has 5 heteroatoms. The number of carbonyl (C=O) groups excluding carboxylic acids is 1. The fourth-order valence-electron chi connectivity index (χ4n) is 2.89. The minimum absolute atomic E-state index is 0. The summed E-state index contributed by atoms with van der Waals surface area (Å²) in [7, 11) is 0. The van der Waals surface area contributed by atoms with Gasteiger partial charge in [0, 0.05) is 33.9 Å². The molecule has 1 fully saturated rings. The van der Waals surface area contributed by atoms with Crippen molar-refractivity contribution in [1.29, 1.82) is 0 Å². The van der Waals surface area contributed by atoms with E-state index in [1.807, 2.05) is 37.3 Å². The molecular formula is C21H26N3O2+. The van der Waals surface area contributed by atoms with Gasteiger partial charge in [-0.1, -0.05) is 20.9 Å². The lowest BCUT2D eigenvalue weighted by atomic mass is 10.0. The molecule has 5 nitrogen and oxygen atoms in total. The summed E-state index contributed by atoms with van der Waals surface area (Å²) < 4.78 is 1.13. The maximum absolute atomic E-state index is 11.8. The predicted molar refractivity (Wildman–Crippen MR) is 104 cm³/mol. The monoisotopic (exact) mass is 352 g/mol. The van der Waals surface area contributed by atoms with E-state index in [0.29, 0.717) is 5.82 Å². The first-order valence-electron chi connectivity index (χ1n) is 8.03. The van der Waals surface area contributed by atoms with Crippen LogP contribution in [0.1, 0.15) is 33.3 Å². The zero-order valence-electron chi connectivity index (χ0n) is 13.4. The van der Waals surface area contributed by atoms with Crippen LogP contribution in [0.15, 0.2) is 48.8 Å². The van der Waals surface area contributed by atoms with E-state index in [-0.39, 0.29) is 26.7 Å². The molecule has 1 aromatic carbocycles. The Balaban J connectivity index is 0.00000121. The summed E-state index contributed by atoms with van der Waals surface area (Å²) in [5.74, 6) is 0.797. The number of hydrogen-bond donors (Lipinski definition) is 2. The van der Waals surface area contributed by atoms with Gasteiger partial charge in [0.2, 0.25) is 12.1 Å². The Bertz CT molecular complexity index is 929. The molecule has 26 heavy (non-hydrogen) atoms. The third-order valence-corrected chi connectivity index (χ3v) is 4.37. The molecule has 3 aromatic rings. The lowest BCUT2D eigenvalue weighted by Crippen LogP contribution is -2.32. The number of pyridine rings is 2. The van der Waals surface area contributed by atoms with Gasteiger partial charge in [0.1, 0.15) is 5.82 Å². The Morgan fingerprint density at radius 2 is 1.96 bits per heavy atom. The second-order valence-electron chi connectivity index (χ2n) is 6.28. The van der Waals surface area contributed by atoms with Gasteiger partial charge in [0.15, 0.2) is 0 Å². The number of aryl methyl sites for hydroxylation is 1. The van der Waals surface area contributed by atoms with E-state index in [0.717, 1.165) is 45.2 Å². The summed E-state index contributed by atoms with van der Waals surface area (Å²) in [4.78, 5) is 16.2. The van der Waals surface area contributed by atoms with Crippen molar-refractivity contribution in [2.24, 2.45) is 5.92 Å². The van der Waals surface area contributed by atoms with E-state index >= 15 is 0 Å². The van der Waals surface area contributed by atoms with Crippen LogP contribution in [0, 0.1) is 12.8 Å². The van der Waals surface area contributed by atoms with E-state index in [1.165, 1.54) is 0 Å². The summed E-state index contributed by atoms with van der Waals surface area (Å²) in [6, 6.07) is 11.6. The Morgan fingerprint density at radius 3 is 2.65 bits per heavy atom. The van der Waals surface area contributed by atoms with E-state index in [4.69, 9.17) is 0 Å². The average Bonchev–Trinajstić information content (AvgIpc) is 3.39. The molecule has 1 amide bonds. The first-order chi connectivity index (χ1) is 11.6. The van der Waals surface area contributed by atoms with Gasteiger partial charge in [-0.3, -0.25) is 10.0 Å². The number of hydrogen-bond acceptors (Lipinski definition) is 3. The molecule has 0 spiro atoms. The fourth-order valence-corrected chi connectivity index (χ4v) is 2.89. The van der Waals surface area contributed by atoms with Crippen LogP contribution in [0.25, 0.3) is 22.0 Å². The number of aromatic nitrogens is 2. The number of rotatable bonds is 3. The Hall–Kier alpha value is -2.95. The smallest absolute Gasteiger partial charge is 0.267 e. The van der Waals surface area contributed by atoms with Crippen LogP contribution in [0.4, 0.5) is 5.82 Å². The van der Waals surface area contributed by atoms with Gasteiger partial charge >= 0.3 is 0 Å². The van der Waals surface area contributed by atoms with Crippen LogP contribution in [-0.4, -0.2) is 16.1 Å². The average molecular weight is 352 g/mol. The third kappa shape index (κ3) is 3.67. The molecule has 0 aliphatic heterocycles. The van der Waals surface area contributed by atoms with Crippen molar-refractivity contribution in [2.75, 3.05) is 5.32 Å². The molecule has 1 aliphatic rings. The summed E-state index contributed by atoms with van der Waals surface area (Å²) in [6.07, 6.45) is 5.31. The van der Waals surface area contributed by atoms with Crippen LogP contribution in [-0.2, 0) is 4.79 Å². The summed E-state index contributed by atoms with van der Waals surface area (Å²) in [5, 5.41) is 14.9. The maximum atomic E-state index is 11.8. The quantitative estimate of drug-likeness (QED) is 0.544. The van der Waals surface area contributed by atoms with Gasteiger partial charge in [0.25, 0.3) is 5.69 Å². The van der Waals surface area contributed by atoms with Crippen molar-refractivity contribution in [3.05, 3.63) is 54.4 Å². The standard InChI is InChI=1S/C19H17N3O2.2CH4/c1-12-3-2-8-22(24)18(12)15-7-6-14-10-17(20-11-16(14)9-15)21-19(23)13-4-5-13;;/h2-3,6-11,13,24H,4-5H2,1H3;2*1H4/p+1. The van der Waals surface area contributed by atoms with E-state index in [2.05, 4.69) is 10.3 Å². The molecule has 0 saturated heterocycles. The van der Waals surface area contributed by atoms with Crippen molar-refractivity contribution < 1.29 is 14.7 Å².